The lowest BCUT2D eigenvalue weighted by molar-refractivity contribution is -0.143. The van der Waals surface area contributed by atoms with Gasteiger partial charge in [0.2, 0.25) is 17.7 Å². The molecular formula is C19H34N4O7S. The van der Waals surface area contributed by atoms with Gasteiger partial charge in [-0.05, 0) is 24.7 Å². The molecule has 178 valence electrons. The van der Waals surface area contributed by atoms with E-state index in [1.807, 2.05) is 13.8 Å². The van der Waals surface area contributed by atoms with Gasteiger partial charge < -0.3 is 31.9 Å². The van der Waals surface area contributed by atoms with E-state index in [1.54, 1.807) is 13.8 Å². The van der Waals surface area contributed by atoms with E-state index in [4.69, 9.17) is 10.8 Å². The highest BCUT2D eigenvalue weighted by Crippen LogP contribution is 2.06. The maximum Gasteiger partial charge on any atom is 0.326 e. The molecule has 11 nitrogen and oxygen atoms in total. The Hall–Kier alpha value is -2.34. The molecule has 0 heterocycles. The van der Waals surface area contributed by atoms with Crippen molar-refractivity contribution in [2.75, 3.05) is 5.75 Å². The Morgan fingerprint density at radius 1 is 0.871 bits per heavy atom. The van der Waals surface area contributed by atoms with Gasteiger partial charge in [0.1, 0.15) is 18.1 Å². The fourth-order valence-corrected chi connectivity index (χ4v) is 2.92. The fraction of sp³-hybridized carbons (Fsp3) is 0.737. The van der Waals surface area contributed by atoms with E-state index in [9.17, 15) is 29.1 Å². The predicted octanol–water partition coefficient (Wildman–Crippen LogP) is -0.651. The van der Waals surface area contributed by atoms with Crippen molar-refractivity contribution in [2.45, 2.75) is 71.1 Å². The van der Waals surface area contributed by atoms with Gasteiger partial charge in [0.25, 0.3) is 0 Å². The highest BCUT2D eigenvalue weighted by molar-refractivity contribution is 7.80. The van der Waals surface area contributed by atoms with Crippen LogP contribution in [0.2, 0.25) is 0 Å². The minimum absolute atomic E-state index is 0.132. The summed E-state index contributed by atoms with van der Waals surface area (Å²) in [6.45, 7) is 6.98. The molecule has 0 rings (SSSR count). The first-order valence-corrected chi connectivity index (χ1v) is 10.6. The van der Waals surface area contributed by atoms with Crippen molar-refractivity contribution in [3.8, 4) is 0 Å². The van der Waals surface area contributed by atoms with Crippen molar-refractivity contribution >= 4 is 42.3 Å². The third kappa shape index (κ3) is 11.0. The standard InChI is InChI=1S/C19H34N4O7S/c1-9(2)7-11(20)16(26)21-12(5-6-14(24)25)17(27)22-13(8-31)18(28)23-15(10(3)4)19(29)30/h9-13,15,31H,5-8,20H2,1-4H3,(H,21,26)(H,22,27)(H,23,28)(H,24,25)(H,29,30). The Morgan fingerprint density at radius 2 is 1.39 bits per heavy atom. The van der Waals surface area contributed by atoms with Crippen molar-refractivity contribution in [1.29, 1.82) is 0 Å². The van der Waals surface area contributed by atoms with Gasteiger partial charge in [0, 0.05) is 12.2 Å². The number of rotatable bonds is 14. The molecule has 0 saturated carbocycles. The number of hydrogen-bond acceptors (Lipinski definition) is 7. The van der Waals surface area contributed by atoms with E-state index < -0.39 is 66.2 Å². The maximum absolute atomic E-state index is 12.7. The minimum atomic E-state index is -1.24. The van der Waals surface area contributed by atoms with Crippen LogP contribution >= 0.6 is 12.6 Å². The molecule has 4 unspecified atom stereocenters. The summed E-state index contributed by atoms with van der Waals surface area (Å²) >= 11 is 4.02. The molecule has 0 aromatic rings. The number of aliphatic carboxylic acids is 2. The van der Waals surface area contributed by atoms with Gasteiger partial charge in [-0.25, -0.2) is 4.79 Å². The Balaban J connectivity index is 5.30. The zero-order valence-electron chi connectivity index (χ0n) is 18.3. The molecule has 7 N–H and O–H groups in total. The SMILES string of the molecule is CC(C)CC(N)C(=O)NC(CCC(=O)O)C(=O)NC(CS)C(=O)NC(C(=O)O)C(C)C. The topological polar surface area (TPSA) is 188 Å². The highest BCUT2D eigenvalue weighted by atomic mass is 32.1. The van der Waals surface area contributed by atoms with Gasteiger partial charge in [-0.15, -0.1) is 0 Å². The zero-order chi connectivity index (χ0) is 24.3. The number of carboxylic acids is 2. The predicted molar refractivity (Wildman–Crippen MR) is 116 cm³/mol. The molecule has 0 fully saturated rings. The molecule has 0 aromatic carbocycles. The van der Waals surface area contributed by atoms with Crippen molar-refractivity contribution in [2.24, 2.45) is 17.6 Å². The second-order valence-electron chi connectivity index (χ2n) is 8.04. The molecule has 3 amide bonds. The molecular weight excluding hydrogens is 428 g/mol. The number of nitrogens with two attached hydrogens (primary N) is 1. The van der Waals surface area contributed by atoms with Gasteiger partial charge in [-0.3, -0.25) is 19.2 Å². The van der Waals surface area contributed by atoms with Crippen molar-refractivity contribution in [3.05, 3.63) is 0 Å². The average molecular weight is 463 g/mol. The van der Waals surface area contributed by atoms with Gasteiger partial charge in [-0.2, -0.15) is 12.6 Å². The normalized spacial score (nSPS) is 15.0. The molecule has 0 aliphatic rings. The Morgan fingerprint density at radius 3 is 1.81 bits per heavy atom. The summed E-state index contributed by atoms with van der Waals surface area (Å²) in [6, 6.07) is -4.47. The lowest BCUT2D eigenvalue weighted by Crippen LogP contribution is -2.58. The van der Waals surface area contributed by atoms with Crippen LogP contribution in [-0.2, 0) is 24.0 Å². The second kappa shape index (κ2) is 13.9. The largest absolute Gasteiger partial charge is 0.481 e. The lowest BCUT2D eigenvalue weighted by Gasteiger charge is -2.25. The molecule has 0 aromatic heterocycles. The van der Waals surface area contributed by atoms with Crippen molar-refractivity contribution in [3.63, 3.8) is 0 Å². The average Bonchev–Trinajstić information content (AvgIpc) is 2.65. The zero-order valence-corrected chi connectivity index (χ0v) is 19.1. The summed E-state index contributed by atoms with van der Waals surface area (Å²) in [4.78, 5) is 59.6. The summed E-state index contributed by atoms with van der Waals surface area (Å²) in [5.41, 5.74) is 5.82. The molecule has 0 saturated heterocycles. The number of amides is 3. The Bertz CT molecular complexity index is 657. The van der Waals surface area contributed by atoms with Crippen molar-refractivity contribution < 1.29 is 34.2 Å². The van der Waals surface area contributed by atoms with E-state index in [1.165, 1.54) is 0 Å². The number of carbonyl (C=O) groups is 5. The molecule has 31 heavy (non-hydrogen) atoms. The number of carboxylic acid groups (broad SMARTS) is 2. The van der Waals surface area contributed by atoms with Crippen LogP contribution in [0.1, 0.15) is 47.0 Å². The van der Waals surface area contributed by atoms with Crippen LogP contribution in [0.15, 0.2) is 0 Å². The third-order valence-corrected chi connectivity index (χ3v) is 4.75. The first-order chi connectivity index (χ1) is 14.3. The molecule has 0 aliphatic carbocycles. The van der Waals surface area contributed by atoms with Crippen LogP contribution < -0.4 is 21.7 Å². The lowest BCUT2D eigenvalue weighted by atomic mass is 10.0. The van der Waals surface area contributed by atoms with E-state index >= 15 is 0 Å². The van der Waals surface area contributed by atoms with Gasteiger partial charge in [0.15, 0.2) is 0 Å². The Labute approximate surface area is 187 Å². The first kappa shape index (κ1) is 28.7. The van der Waals surface area contributed by atoms with Crippen LogP contribution in [-0.4, -0.2) is 69.8 Å². The monoisotopic (exact) mass is 462 g/mol. The molecule has 0 bridgehead atoms. The summed E-state index contributed by atoms with van der Waals surface area (Å²) in [7, 11) is 0. The summed E-state index contributed by atoms with van der Waals surface area (Å²) in [6.07, 6.45) is -0.248. The van der Waals surface area contributed by atoms with Crippen LogP contribution in [0.4, 0.5) is 0 Å². The summed E-state index contributed by atoms with van der Waals surface area (Å²) in [5, 5.41) is 25.3. The van der Waals surface area contributed by atoms with E-state index in [0.29, 0.717) is 6.42 Å². The second-order valence-corrected chi connectivity index (χ2v) is 8.41. The van der Waals surface area contributed by atoms with E-state index in [0.717, 1.165) is 0 Å². The van der Waals surface area contributed by atoms with Crippen molar-refractivity contribution in [1.82, 2.24) is 16.0 Å². The fourth-order valence-electron chi connectivity index (χ4n) is 2.66. The number of hydrogen-bond donors (Lipinski definition) is 7. The summed E-state index contributed by atoms with van der Waals surface area (Å²) in [5.74, 6) is -4.97. The quantitative estimate of drug-likeness (QED) is 0.166. The molecule has 0 aliphatic heterocycles. The summed E-state index contributed by atoms with van der Waals surface area (Å²) < 4.78 is 0. The van der Waals surface area contributed by atoms with Crippen LogP contribution in [0, 0.1) is 11.8 Å². The molecule has 0 spiro atoms. The van der Waals surface area contributed by atoms with Gasteiger partial charge in [-0.1, -0.05) is 27.7 Å². The number of carbonyl (C=O) groups excluding carboxylic acids is 3. The smallest absolute Gasteiger partial charge is 0.326 e. The van der Waals surface area contributed by atoms with Gasteiger partial charge in [0.05, 0.1) is 6.04 Å². The first-order valence-electron chi connectivity index (χ1n) is 10.0. The van der Waals surface area contributed by atoms with E-state index in [2.05, 4.69) is 28.6 Å². The minimum Gasteiger partial charge on any atom is -0.481 e. The Kier molecular flexibility index (Phi) is 12.8. The molecule has 0 radical (unpaired) electrons. The number of thiol groups is 1. The number of nitrogens with one attached hydrogen (secondary N) is 3. The molecule has 12 heteroatoms. The highest BCUT2D eigenvalue weighted by Gasteiger charge is 2.31. The van der Waals surface area contributed by atoms with Crippen LogP contribution in [0.3, 0.4) is 0 Å². The maximum atomic E-state index is 12.7. The van der Waals surface area contributed by atoms with E-state index in [-0.39, 0.29) is 18.1 Å². The van der Waals surface area contributed by atoms with Gasteiger partial charge >= 0.3 is 11.9 Å². The molecule has 4 atom stereocenters. The van der Waals surface area contributed by atoms with Crippen LogP contribution in [0.25, 0.3) is 0 Å². The third-order valence-electron chi connectivity index (χ3n) is 4.39. The van der Waals surface area contributed by atoms with Crippen LogP contribution in [0.5, 0.6) is 0 Å².